The fourth-order valence-electron chi connectivity index (χ4n) is 1.35. The largest absolute Gasteiger partial charge is 0.496 e. The van der Waals surface area contributed by atoms with Crippen LogP contribution in [0.5, 0.6) is 5.75 Å². The van der Waals surface area contributed by atoms with E-state index in [1.54, 1.807) is 18.3 Å². The highest BCUT2D eigenvalue weighted by atomic mass is 16.5. The lowest BCUT2D eigenvalue weighted by Gasteiger charge is -2.06. The first-order chi connectivity index (χ1) is 7.72. The number of carboxylic acid groups (broad SMARTS) is 1. The lowest BCUT2D eigenvalue weighted by Crippen LogP contribution is -2.03. The second-order valence-electron chi connectivity index (χ2n) is 3.04. The zero-order valence-corrected chi connectivity index (χ0v) is 8.49. The first kappa shape index (κ1) is 10.2. The van der Waals surface area contributed by atoms with Crippen LogP contribution >= 0.6 is 0 Å². The van der Waals surface area contributed by atoms with E-state index in [1.807, 2.05) is 0 Å². The predicted octanol–water partition coefficient (Wildman–Crippen LogP) is 0.974. The molecule has 0 radical (unpaired) electrons. The smallest absolute Gasteiger partial charge is 0.339 e. The highest BCUT2D eigenvalue weighted by molar-refractivity contribution is 5.91. The summed E-state index contributed by atoms with van der Waals surface area (Å²) < 4.78 is 6.43. The Morgan fingerprint density at radius 2 is 2.31 bits per heavy atom. The number of hydrogen-bond donors (Lipinski definition) is 1. The molecule has 1 aromatic heterocycles. The van der Waals surface area contributed by atoms with Crippen molar-refractivity contribution >= 4 is 5.97 Å². The van der Waals surface area contributed by atoms with Crippen molar-refractivity contribution in [3.05, 3.63) is 36.2 Å². The Morgan fingerprint density at radius 1 is 1.50 bits per heavy atom. The van der Waals surface area contributed by atoms with E-state index in [4.69, 9.17) is 9.84 Å². The second kappa shape index (κ2) is 4.01. The molecule has 0 aliphatic carbocycles. The number of aromatic carboxylic acids is 1. The number of methoxy groups -OCH3 is 1. The maximum absolute atomic E-state index is 11.0. The van der Waals surface area contributed by atoms with Crippen LogP contribution in [0.1, 0.15) is 10.4 Å². The predicted molar refractivity (Wildman–Crippen MR) is 54.9 cm³/mol. The Kier molecular flexibility index (Phi) is 2.55. The molecule has 2 aromatic rings. The molecule has 82 valence electrons. The van der Waals surface area contributed by atoms with Gasteiger partial charge in [0, 0.05) is 0 Å². The van der Waals surface area contributed by atoms with Gasteiger partial charge in [0.25, 0.3) is 0 Å². The summed E-state index contributed by atoms with van der Waals surface area (Å²) in [4.78, 5) is 11.0. The van der Waals surface area contributed by atoms with Crippen LogP contribution in [0.4, 0.5) is 0 Å². The third kappa shape index (κ3) is 1.72. The molecular weight excluding hydrogens is 210 g/mol. The fourth-order valence-corrected chi connectivity index (χ4v) is 1.35. The van der Waals surface area contributed by atoms with Gasteiger partial charge >= 0.3 is 5.97 Å². The van der Waals surface area contributed by atoms with Crippen LogP contribution < -0.4 is 4.74 Å². The number of carbonyl (C=O) groups is 1. The lowest BCUT2D eigenvalue weighted by molar-refractivity contribution is 0.0693. The van der Waals surface area contributed by atoms with Gasteiger partial charge < -0.3 is 9.84 Å². The van der Waals surface area contributed by atoms with Gasteiger partial charge in [0.1, 0.15) is 11.3 Å². The Bertz CT molecular complexity index is 508. The molecule has 0 spiro atoms. The number of benzene rings is 1. The molecule has 6 heteroatoms. The van der Waals surface area contributed by atoms with Gasteiger partial charge in [-0.2, -0.15) is 0 Å². The van der Waals surface area contributed by atoms with Crippen molar-refractivity contribution in [2.24, 2.45) is 0 Å². The quantitative estimate of drug-likeness (QED) is 0.832. The van der Waals surface area contributed by atoms with Crippen LogP contribution in [0.25, 0.3) is 5.69 Å². The van der Waals surface area contributed by atoms with Crippen LogP contribution in [0.3, 0.4) is 0 Å². The monoisotopic (exact) mass is 219 g/mol. The van der Waals surface area contributed by atoms with Crippen molar-refractivity contribution in [1.29, 1.82) is 0 Å². The molecule has 0 aliphatic rings. The summed E-state index contributed by atoms with van der Waals surface area (Å²) in [5, 5.41) is 16.4. The first-order valence-corrected chi connectivity index (χ1v) is 4.50. The number of ether oxygens (including phenoxy) is 1. The number of hydrogen-bond acceptors (Lipinski definition) is 4. The summed E-state index contributed by atoms with van der Waals surface area (Å²) in [6.07, 6.45) is 3.15. The Balaban J connectivity index is 2.51. The van der Waals surface area contributed by atoms with Crippen molar-refractivity contribution in [2.75, 3.05) is 7.11 Å². The summed E-state index contributed by atoms with van der Waals surface area (Å²) in [5.41, 5.74) is 0.714. The topological polar surface area (TPSA) is 77.2 Å². The molecule has 2 rings (SSSR count). The van der Waals surface area contributed by atoms with Crippen molar-refractivity contribution in [3.63, 3.8) is 0 Å². The standard InChI is InChI=1S/C10H9N3O3/c1-16-9-3-2-7(6-8(9)10(14)15)13-5-4-11-12-13/h2-6H,1H3,(H,14,15). The number of rotatable bonds is 3. The van der Waals surface area contributed by atoms with Gasteiger partial charge in [0.05, 0.1) is 25.2 Å². The van der Waals surface area contributed by atoms with Crippen LogP contribution in [0.2, 0.25) is 0 Å². The average molecular weight is 219 g/mol. The molecule has 1 heterocycles. The minimum Gasteiger partial charge on any atom is -0.496 e. The lowest BCUT2D eigenvalue weighted by atomic mass is 10.2. The summed E-state index contributed by atoms with van der Waals surface area (Å²) in [7, 11) is 1.43. The molecule has 16 heavy (non-hydrogen) atoms. The number of carboxylic acids is 1. The van der Waals surface area contributed by atoms with E-state index >= 15 is 0 Å². The van der Waals surface area contributed by atoms with Crippen molar-refractivity contribution in [3.8, 4) is 11.4 Å². The first-order valence-electron chi connectivity index (χ1n) is 4.50. The SMILES string of the molecule is COc1ccc(-n2ccnn2)cc1C(=O)O. The van der Waals surface area contributed by atoms with E-state index in [1.165, 1.54) is 24.1 Å². The molecule has 0 bridgehead atoms. The van der Waals surface area contributed by atoms with Crippen molar-refractivity contribution in [1.82, 2.24) is 15.0 Å². The molecule has 0 fully saturated rings. The van der Waals surface area contributed by atoms with E-state index in [-0.39, 0.29) is 5.56 Å². The molecule has 0 saturated heterocycles. The molecule has 1 aromatic carbocycles. The second-order valence-corrected chi connectivity index (χ2v) is 3.04. The van der Waals surface area contributed by atoms with Gasteiger partial charge in [-0.05, 0) is 18.2 Å². The fraction of sp³-hybridized carbons (Fsp3) is 0.100. The Labute approximate surface area is 91.1 Å². The summed E-state index contributed by atoms with van der Waals surface area (Å²) in [5.74, 6) is -0.727. The molecule has 0 unspecified atom stereocenters. The van der Waals surface area contributed by atoms with Gasteiger partial charge in [-0.15, -0.1) is 5.10 Å². The van der Waals surface area contributed by atoms with Gasteiger partial charge in [0.2, 0.25) is 0 Å². The van der Waals surface area contributed by atoms with Crippen LogP contribution in [0.15, 0.2) is 30.6 Å². The minimum absolute atomic E-state index is 0.0931. The van der Waals surface area contributed by atoms with E-state index in [0.717, 1.165) is 0 Å². The highest BCUT2D eigenvalue weighted by Gasteiger charge is 2.12. The molecule has 6 nitrogen and oxygen atoms in total. The van der Waals surface area contributed by atoms with E-state index in [9.17, 15) is 4.79 Å². The Hall–Kier alpha value is -2.37. The van der Waals surface area contributed by atoms with Gasteiger partial charge in [-0.25, -0.2) is 9.48 Å². The third-order valence-electron chi connectivity index (χ3n) is 2.10. The molecule has 0 saturated carbocycles. The number of aromatic nitrogens is 3. The van der Waals surface area contributed by atoms with Gasteiger partial charge in [0.15, 0.2) is 0 Å². The summed E-state index contributed by atoms with van der Waals surface area (Å²) >= 11 is 0. The van der Waals surface area contributed by atoms with Gasteiger partial charge in [-0.3, -0.25) is 0 Å². The summed E-state index contributed by atoms with van der Waals surface area (Å²) in [6.45, 7) is 0. The molecule has 0 amide bonds. The van der Waals surface area contributed by atoms with E-state index in [2.05, 4.69) is 10.3 Å². The van der Waals surface area contributed by atoms with Crippen molar-refractivity contribution < 1.29 is 14.6 Å². The van der Waals surface area contributed by atoms with E-state index < -0.39 is 5.97 Å². The molecular formula is C10H9N3O3. The highest BCUT2D eigenvalue weighted by Crippen LogP contribution is 2.21. The normalized spacial score (nSPS) is 10.1. The summed E-state index contributed by atoms with van der Waals surface area (Å²) in [6, 6.07) is 4.77. The third-order valence-corrected chi connectivity index (χ3v) is 2.10. The molecule has 0 aliphatic heterocycles. The molecule has 1 N–H and O–H groups in total. The van der Waals surface area contributed by atoms with Crippen LogP contribution in [-0.2, 0) is 0 Å². The van der Waals surface area contributed by atoms with Gasteiger partial charge in [-0.1, -0.05) is 5.21 Å². The maximum atomic E-state index is 11.0. The minimum atomic E-state index is -1.04. The number of nitrogens with zero attached hydrogens (tertiary/aromatic N) is 3. The van der Waals surface area contributed by atoms with Crippen LogP contribution in [-0.4, -0.2) is 33.2 Å². The zero-order valence-electron chi connectivity index (χ0n) is 8.49. The molecule has 0 atom stereocenters. The Morgan fingerprint density at radius 3 is 2.88 bits per heavy atom. The zero-order chi connectivity index (χ0) is 11.5. The van der Waals surface area contributed by atoms with E-state index in [0.29, 0.717) is 11.4 Å². The average Bonchev–Trinajstić information content (AvgIpc) is 2.81. The maximum Gasteiger partial charge on any atom is 0.339 e. The van der Waals surface area contributed by atoms with Crippen LogP contribution in [0, 0.1) is 0 Å². The van der Waals surface area contributed by atoms with Crippen molar-refractivity contribution in [2.45, 2.75) is 0 Å².